The smallest absolute Gasteiger partial charge is 0.441 e. The number of amidine groups is 1. The van der Waals surface area contributed by atoms with Gasteiger partial charge in [0.25, 0.3) is 5.91 Å². The Morgan fingerprint density at radius 2 is 1.70 bits per heavy atom. The Hall–Kier alpha value is -6.64. The number of hydrogen-bond donors (Lipinski definition) is 3. The van der Waals surface area contributed by atoms with Gasteiger partial charge in [-0.1, -0.05) is 56.8 Å². The lowest BCUT2D eigenvalue weighted by molar-refractivity contribution is -0.169. The van der Waals surface area contributed by atoms with E-state index in [0.717, 1.165) is 18.4 Å². The van der Waals surface area contributed by atoms with Crippen LogP contribution in [0.2, 0.25) is 0 Å². The van der Waals surface area contributed by atoms with E-state index in [2.05, 4.69) is 22.2 Å². The highest BCUT2D eigenvalue weighted by Gasteiger charge is 2.27. The van der Waals surface area contributed by atoms with E-state index in [4.69, 9.17) is 28.5 Å². The molecule has 56 heavy (non-hydrogen) atoms. The number of nitrogens with one attached hydrogen (secondary N) is 3. The van der Waals surface area contributed by atoms with Crippen LogP contribution in [-0.4, -0.2) is 53.4 Å². The van der Waals surface area contributed by atoms with Gasteiger partial charge in [0, 0.05) is 36.6 Å². The van der Waals surface area contributed by atoms with Gasteiger partial charge in [-0.15, -0.1) is 0 Å². The molecule has 1 unspecified atom stereocenters. The second-order valence-corrected chi connectivity index (χ2v) is 13.6. The molecule has 15 heteroatoms. The molecule has 1 saturated carbocycles. The fourth-order valence-corrected chi connectivity index (χ4v) is 5.45. The van der Waals surface area contributed by atoms with Crippen molar-refractivity contribution in [2.45, 2.75) is 66.8 Å². The van der Waals surface area contributed by atoms with Gasteiger partial charge in [0.2, 0.25) is 6.29 Å². The van der Waals surface area contributed by atoms with Gasteiger partial charge in [-0.2, -0.15) is 0 Å². The number of benzene rings is 2. The molecule has 0 spiro atoms. The molecule has 1 aliphatic carbocycles. The molecule has 1 atom stereocenters. The number of ether oxygens (including phenoxy) is 3. The van der Waals surface area contributed by atoms with Crippen LogP contribution in [0.1, 0.15) is 98.7 Å². The maximum atomic E-state index is 14.1. The zero-order chi connectivity index (χ0) is 40.7. The molecule has 2 amide bonds. The maximum Gasteiger partial charge on any atom is 0.519 e. The van der Waals surface area contributed by atoms with Crippen LogP contribution in [0.4, 0.5) is 4.79 Å². The molecule has 3 N–H and O–H groups in total. The van der Waals surface area contributed by atoms with E-state index in [-0.39, 0.29) is 58.7 Å². The van der Waals surface area contributed by atoms with Crippen molar-refractivity contribution in [3.63, 3.8) is 0 Å². The Morgan fingerprint density at radius 1 is 0.982 bits per heavy atom. The van der Waals surface area contributed by atoms with Crippen molar-refractivity contribution in [3.8, 4) is 11.1 Å². The second-order valence-electron chi connectivity index (χ2n) is 13.6. The maximum absolute atomic E-state index is 14.1. The number of alkyl carbamates (subject to hydrolysis) is 1. The number of esters is 2. The van der Waals surface area contributed by atoms with Crippen LogP contribution in [0.5, 0.6) is 0 Å². The van der Waals surface area contributed by atoms with E-state index in [1.165, 1.54) is 26.0 Å². The fraction of sp³-hybridized carbons (Fsp3) is 0.317. The summed E-state index contributed by atoms with van der Waals surface area (Å²) >= 11 is 0. The monoisotopic (exact) mass is 766 g/mol. The van der Waals surface area contributed by atoms with E-state index in [1.807, 2.05) is 6.92 Å². The van der Waals surface area contributed by atoms with Gasteiger partial charge in [-0.25, -0.2) is 19.4 Å². The zero-order valence-corrected chi connectivity index (χ0v) is 31.6. The summed E-state index contributed by atoms with van der Waals surface area (Å²) in [5, 5.41) is 13.4. The summed E-state index contributed by atoms with van der Waals surface area (Å²) in [5.74, 6) is -3.42. The number of nitrogens with zero attached hydrogens (tertiary/aromatic N) is 1. The molecule has 5 rings (SSSR count). The van der Waals surface area contributed by atoms with Crippen LogP contribution in [0.25, 0.3) is 17.2 Å². The van der Waals surface area contributed by atoms with Gasteiger partial charge in [0.1, 0.15) is 11.5 Å². The van der Waals surface area contributed by atoms with Crippen LogP contribution in [0.15, 0.2) is 68.7 Å². The van der Waals surface area contributed by atoms with Crippen LogP contribution in [0, 0.1) is 31.1 Å². The topological polar surface area (TPSA) is 217 Å². The number of aryl methyl sites for hydroxylation is 2. The first kappa shape index (κ1) is 40.5. The number of pyridine rings is 1. The van der Waals surface area contributed by atoms with E-state index < -0.39 is 42.0 Å². The number of amides is 2. The second kappa shape index (κ2) is 17.7. The predicted octanol–water partition coefficient (Wildman–Crippen LogP) is 6.07. The molecule has 2 aromatic heterocycles. The third kappa shape index (κ3) is 10.3. The molecule has 4 aromatic rings. The normalized spacial score (nSPS) is 12.7. The lowest BCUT2D eigenvalue weighted by atomic mass is 9.89. The molecule has 2 heterocycles. The number of rotatable bonds is 15. The largest absolute Gasteiger partial charge is 0.519 e. The molecular formula is C41H42N4O11. The molecule has 0 aliphatic heterocycles. The van der Waals surface area contributed by atoms with Crippen LogP contribution in [-0.2, 0) is 32.0 Å². The molecule has 15 nitrogen and oxygen atoms in total. The first-order valence-electron chi connectivity index (χ1n) is 17.9. The Bertz CT molecular complexity index is 2250. The highest BCUT2D eigenvalue weighted by Crippen LogP contribution is 2.32. The van der Waals surface area contributed by atoms with Crippen molar-refractivity contribution in [1.82, 2.24) is 15.6 Å². The molecule has 0 saturated heterocycles. The Morgan fingerprint density at radius 3 is 2.32 bits per heavy atom. The van der Waals surface area contributed by atoms with Crippen LogP contribution < -0.4 is 16.5 Å². The van der Waals surface area contributed by atoms with Crippen molar-refractivity contribution in [2.24, 2.45) is 11.8 Å². The standard InChI is InChI=1S/C41H42N4O11/c1-7-27-18-31(33(46)17-25-10-12-28(13-11-25)36(42)45-40(50)52-20-34-23(5)53-41(51)56-34)30(16-22(27)4)29-14-15-32(37(47)43-19-26-8-9-26)44-35(29)39(49)55-24(6)54-38(48)21(2)3/h7,10-16,18,21,24,26H,1,8-9,17,19-20H2,2-6H3,(H,43,47)(H2,42,45,50). The van der Waals surface area contributed by atoms with Crippen molar-refractivity contribution in [3.05, 3.63) is 116 Å². The molecule has 0 bridgehead atoms. The van der Waals surface area contributed by atoms with E-state index in [0.29, 0.717) is 34.7 Å². The number of ketones is 1. The molecule has 1 fully saturated rings. The van der Waals surface area contributed by atoms with Crippen LogP contribution in [0.3, 0.4) is 0 Å². The molecule has 2 aromatic carbocycles. The van der Waals surface area contributed by atoms with E-state index >= 15 is 0 Å². The summed E-state index contributed by atoms with van der Waals surface area (Å²) in [6, 6.07) is 12.7. The minimum absolute atomic E-state index is 0.0321. The van der Waals surface area contributed by atoms with Gasteiger partial charge >= 0.3 is 23.9 Å². The summed E-state index contributed by atoms with van der Waals surface area (Å²) in [6.07, 6.45) is 1.32. The molecular weight excluding hydrogens is 724 g/mol. The number of aromatic nitrogens is 1. The first-order chi connectivity index (χ1) is 26.6. The van der Waals surface area contributed by atoms with Crippen LogP contribution >= 0.6 is 0 Å². The van der Waals surface area contributed by atoms with Gasteiger partial charge < -0.3 is 28.4 Å². The third-order valence-corrected chi connectivity index (χ3v) is 8.82. The van der Waals surface area contributed by atoms with E-state index in [1.54, 1.807) is 56.3 Å². The average molecular weight is 767 g/mol. The van der Waals surface area contributed by atoms with Gasteiger partial charge in [0.15, 0.2) is 29.6 Å². The average Bonchev–Trinajstić information content (AvgIpc) is 3.93. The number of hydrogen-bond acceptors (Lipinski definition) is 13. The van der Waals surface area contributed by atoms with Crippen molar-refractivity contribution in [1.29, 1.82) is 5.41 Å². The lowest BCUT2D eigenvalue weighted by Gasteiger charge is -2.18. The lowest BCUT2D eigenvalue weighted by Crippen LogP contribution is -2.31. The molecule has 1 aliphatic rings. The van der Waals surface area contributed by atoms with E-state index in [9.17, 15) is 28.8 Å². The summed E-state index contributed by atoms with van der Waals surface area (Å²) < 4.78 is 25.3. The number of carbonyl (C=O) groups excluding carboxylic acids is 5. The predicted molar refractivity (Wildman–Crippen MR) is 202 cm³/mol. The first-order valence-corrected chi connectivity index (χ1v) is 17.9. The van der Waals surface area contributed by atoms with Gasteiger partial charge in [0.05, 0.1) is 5.92 Å². The summed E-state index contributed by atoms with van der Waals surface area (Å²) in [6.45, 7) is 11.9. The van der Waals surface area contributed by atoms with Crippen molar-refractivity contribution in [2.75, 3.05) is 6.54 Å². The highest BCUT2D eigenvalue weighted by molar-refractivity contribution is 6.08. The van der Waals surface area contributed by atoms with Gasteiger partial charge in [-0.3, -0.25) is 25.1 Å². The van der Waals surface area contributed by atoms with Crippen molar-refractivity contribution < 1.29 is 47.0 Å². The Balaban J connectivity index is 1.39. The zero-order valence-electron chi connectivity index (χ0n) is 31.6. The Kier molecular flexibility index (Phi) is 12.8. The summed E-state index contributed by atoms with van der Waals surface area (Å²) in [7, 11) is 0. The number of Topliss-reactive ketones (excluding diaryl/α,β-unsaturated/α-hetero) is 1. The number of carbonyl (C=O) groups is 5. The highest BCUT2D eigenvalue weighted by atomic mass is 16.7. The SMILES string of the molecule is C=Cc1cc(C(=O)Cc2ccc(C(=N)NC(=O)OCc3oc(=O)oc3C)cc2)c(-c2ccc(C(=O)NCC3CC3)nc2C(=O)OC(C)OC(=O)C(C)C)cc1C. The minimum Gasteiger partial charge on any atom is -0.441 e. The van der Waals surface area contributed by atoms with Crippen molar-refractivity contribution >= 4 is 41.6 Å². The van der Waals surface area contributed by atoms with Gasteiger partial charge in [-0.05, 0) is 73.1 Å². The fourth-order valence-electron chi connectivity index (χ4n) is 5.45. The summed E-state index contributed by atoms with van der Waals surface area (Å²) in [5.41, 5.74) is 2.82. The Labute approximate surface area is 321 Å². The summed E-state index contributed by atoms with van der Waals surface area (Å²) in [4.78, 5) is 80.9. The third-order valence-electron chi connectivity index (χ3n) is 8.82. The quantitative estimate of drug-likeness (QED) is 0.0413. The minimum atomic E-state index is -1.27. The molecule has 292 valence electrons. The molecule has 0 radical (unpaired) electrons.